The third kappa shape index (κ3) is 7.71. The average molecular weight is 826 g/mol. The number of aryl methyl sites for hydroxylation is 1. The fourth-order valence-corrected chi connectivity index (χ4v) is 8.24. The van der Waals surface area contributed by atoms with Crippen molar-refractivity contribution in [2.24, 2.45) is 0 Å². The summed E-state index contributed by atoms with van der Waals surface area (Å²) < 4.78 is 66.4. The zero-order valence-corrected chi connectivity index (χ0v) is 33.1. The molecule has 13 nitrogen and oxygen atoms in total. The molecule has 3 aliphatic rings. The summed E-state index contributed by atoms with van der Waals surface area (Å²) in [6.07, 6.45) is 6.07. The first-order valence-corrected chi connectivity index (χ1v) is 19.9. The predicted octanol–water partition coefficient (Wildman–Crippen LogP) is 5.63. The van der Waals surface area contributed by atoms with Gasteiger partial charge in [-0.05, 0) is 72.9 Å². The molecule has 312 valence electrons. The number of amides is 4. The molecule has 4 amide bonds. The fourth-order valence-electron chi connectivity index (χ4n) is 8.24. The number of nitrogens with zero attached hydrogens (tertiary/aromatic N) is 7. The Balaban J connectivity index is 1.06. The summed E-state index contributed by atoms with van der Waals surface area (Å²) in [5.74, 6) is -5.50. The van der Waals surface area contributed by atoms with Gasteiger partial charge in [0.25, 0.3) is 5.91 Å². The third-order valence-electron chi connectivity index (χ3n) is 11.7. The number of aromatic nitrogens is 4. The normalized spacial score (nSPS) is 17.3. The Morgan fingerprint density at radius 1 is 0.883 bits per heavy atom. The van der Waals surface area contributed by atoms with E-state index in [1.165, 1.54) is 41.4 Å². The van der Waals surface area contributed by atoms with Gasteiger partial charge in [-0.2, -0.15) is 0 Å². The molecule has 17 heteroatoms. The number of piperidine rings is 1. The summed E-state index contributed by atoms with van der Waals surface area (Å²) in [7, 11) is 1.60. The van der Waals surface area contributed by atoms with Gasteiger partial charge in [0.1, 0.15) is 11.5 Å². The Hall–Kier alpha value is -6.52. The fraction of sp³-hybridized carbons (Fsp3) is 0.349. The van der Waals surface area contributed by atoms with Gasteiger partial charge in [0.05, 0.1) is 35.6 Å². The molecule has 3 aromatic carbocycles. The maximum absolute atomic E-state index is 16.6. The molecule has 2 N–H and O–H groups in total. The first-order chi connectivity index (χ1) is 28.9. The van der Waals surface area contributed by atoms with Crippen LogP contribution in [0.5, 0.6) is 0 Å². The van der Waals surface area contributed by atoms with Gasteiger partial charge in [-0.15, -0.1) is 5.10 Å². The van der Waals surface area contributed by atoms with Crippen molar-refractivity contribution in [2.45, 2.75) is 45.1 Å². The van der Waals surface area contributed by atoms with Crippen LogP contribution in [-0.4, -0.2) is 106 Å². The molecule has 8 rings (SSSR count). The Morgan fingerprint density at radius 2 is 1.63 bits per heavy atom. The number of carbonyl (C=O) groups excluding carboxylic acids is 4. The number of nitrogens with one attached hydrogen (secondary N) is 2. The van der Waals surface area contributed by atoms with E-state index in [1.807, 2.05) is 6.08 Å². The summed E-state index contributed by atoms with van der Waals surface area (Å²) in [5.41, 5.74) is 1.42. The van der Waals surface area contributed by atoms with Crippen LogP contribution in [0.25, 0.3) is 27.6 Å². The molecule has 2 fully saturated rings. The zero-order chi connectivity index (χ0) is 42.2. The first kappa shape index (κ1) is 40.3. The standard InChI is InChI=1S/C43H43F4N9O4/c1-3-52(2)43(60)33-23-31-30(22-29(39(46)41(31)49-33)26-5-4-14-55(24-26)37(58)12-15-56-16-13-48-51-56)28-7-10-35(40(47)38(28)45)54-19-17-53(18-20-54)34-9-6-25(21-32(34)44)27-8-11-36(57)50-42(27)59/h5-7,9-10,13,16,21-23,27,49H,3-4,8,11-12,14-15,17-20,24H2,1-2H3,(H,50,57,59). The van der Waals surface area contributed by atoms with Gasteiger partial charge in [0.15, 0.2) is 17.5 Å². The van der Waals surface area contributed by atoms with Crippen LogP contribution >= 0.6 is 0 Å². The van der Waals surface area contributed by atoms with Gasteiger partial charge >= 0.3 is 0 Å². The molecule has 5 aromatic rings. The van der Waals surface area contributed by atoms with Crippen LogP contribution in [0.3, 0.4) is 0 Å². The number of halogens is 4. The largest absolute Gasteiger partial charge is 0.366 e. The van der Waals surface area contributed by atoms with Crippen LogP contribution < -0.4 is 15.1 Å². The van der Waals surface area contributed by atoms with Crippen molar-refractivity contribution in [2.75, 3.05) is 62.7 Å². The molecular weight excluding hydrogens is 783 g/mol. The van der Waals surface area contributed by atoms with Gasteiger partial charge in [-0.25, -0.2) is 17.6 Å². The van der Waals surface area contributed by atoms with Crippen LogP contribution in [0.4, 0.5) is 28.9 Å². The molecule has 1 unspecified atom stereocenters. The Morgan fingerprint density at radius 3 is 2.33 bits per heavy atom. The number of rotatable bonds is 10. The number of hydrogen-bond donors (Lipinski definition) is 2. The number of hydrogen-bond acceptors (Lipinski definition) is 8. The molecule has 0 bridgehead atoms. The summed E-state index contributed by atoms with van der Waals surface area (Å²) in [6.45, 7) is 4.06. The zero-order valence-electron chi connectivity index (χ0n) is 33.1. The smallest absolute Gasteiger partial charge is 0.270 e. The molecule has 2 aromatic heterocycles. The third-order valence-corrected chi connectivity index (χ3v) is 11.7. The minimum Gasteiger partial charge on any atom is -0.366 e. The molecule has 5 heterocycles. The summed E-state index contributed by atoms with van der Waals surface area (Å²) >= 11 is 0. The van der Waals surface area contributed by atoms with Crippen molar-refractivity contribution >= 4 is 51.5 Å². The van der Waals surface area contributed by atoms with E-state index in [4.69, 9.17) is 0 Å². The van der Waals surface area contributed by atoms with Crippen LogP contribution in [0, 0.1) is 23.3 Å². The Kier molecular flexibility index (Phi) is 11.2. The minimum atomic E-state index is -1.16. The average Bonchev–Trinajstić information content (AvgIpc) is 3.95. The van der Waals surface area contributed by atoms with Gasteiger partial charge in [-0.3, -0.25) is 29.2 Å². The van der Waals surface area contributed by atoms with Crippen molar-refractivity contribution in [3.63, 3.8) is 0 Å². The van der Waals surface area contributed by atoms with E-state index in [1.54, 1.807) is 51.7 Å². The second kappa shape index (κ2) is 16.6. The molecule has 3 aliphatic heterocycles. The maximum atomic E-state index is 16.6. The summed E-state index contributed by atoms with van der Waals surface area (Å²) in [4.78, 5) is 59.8. The molecular formula is C43H43F4N9O4. The topological polar surface area (TPSA) is 140 Å². The van der Waals surface area contributed by atoms with E-state index in [-0.39, 0.29) is 83.3 Å². The molecule has 1 atom stereocenters. The molecule has 0 radical (unpaired) electrons. The van der Waals surface area contributed by atoms with Crippen molar-refractivity contribution in [1.29, 1.82) is 0 Å². The van der Waals surface area contributed by atoms with E-state index in [0.29, 0.717) is 62.4 Å². The molecule has 60 heavy (non-hydrogen) atoms. The number of H-pyrrole nitrogens is 1. The summed E-state index contributed by atoms with van der Waals surface area (Å²) in [5, 5.41) is 10.1. The number of benzene rings is 3. The van der Waals surface area contributed by atoms with Gasteiger partial charge in [0, 0.05) is 88.4 Å². The number of fused-ring (bicyclic) bond motifs is 1. The Labute approximate surface area is 342 Å². The number of imide groups is 1. The van der Waals surface area contributed by atoms with E-state index in [0.717, 1.165) is 0 Å². The van der Waals surface area contributed by atoms with Crippen LogP contribution in [0.1, 0.15) is 60.1 Å². The lowest BCUT2D eigenvalue weighted by molar-refractivity contribution is -0.134. The van der Waals surface area contributed by atoms with Gasteiger partial charge in [0.2, 0.25) is 17.7 Å². The second-order valence-electron chi connectivity index (χ2n) is 15.3. The SMILES string of the molecule is CCN(C)C(=O)c1cc2c(-c3ccc(N4CCN(c5ccc(C6CCC(=O)NC6=O)cc5F)CC4)c(F)c3F)cc(C3=CCCN(C(=O)CCn4ccnn4)C3)c(F)c2[nH]1. The maximum Gasteiger partial charge on any atom is 0.270 e. The minimum absolute atomic E-state index is 0.00713. The van der Waals surface area contributed by atoms with Crippen molar-refractivity contribution in [1.82, 2.24) is 35.1 Å². The lowest BCUT2D eigenvalue weighted by Crippen LogP contribution is -2.47. The lowest BCUT2D eigenvalue weighted by Gasteiger charge is -2.37. The highest BCUT2D eigenvalue weighted by Gasteiger charge is 2.31. The van der Waals surface area contributed by atoms with Gasteiger partial charge in [-0.1, -0.05) is 17.4 Å². The molecule has 0 spiro atoms. The molecule has 2 saturated heterocycles. The summed E-state index contributed by atoms with van der Waals surface area (Å²) in [6, 6.07) is 10.4. The number of carbonyl (C=O) groups is 4. The van der Waals surface area contributed by atoms with Crippen LogP contribution in [-0.2, 0) is 20.9 Å². The lowest BCUT2D eigenvalue weighted by atomic mass is 9.90. The highest BCUT2D eigenvalue weighted by atomic mass is 19.2. The predicted molar refractivity (Wildman–Crippen MR) is 216 cm³/mol. The van der Waals surface area contributed by atoms with Crippen molar-refractivity contribution < 1.29 is 36.7 Å². The monoisotopic (exact) mass is 825 g/mol. The van der Waals surface area contributed by atoms with Gasteiger partial charge < -0.3 is 24.6 Å². The highest BCUT2D eigenvalue weighted by molar-refractivity contribution is 6.05. The van der Waals surface area contributed by atoms with Crippen LogP contribution in [0.15, 0.2) is 60.9 Å². The van der Waals surface area contributed by atoms with E-state index in [9.17, 15) is 19.2 Å². The molecule has 0 saturated carbocycles. The highest BCUT2D eigenvalue weighted by Crippen LogP contribution is 2.40. The van der Waals surface area contributed by atoms with Crippen molar-refractivity contribution in [3.8, 4) is 11.1 Å². The van der Waals surface area contributed by atoms with Crippen molar-refractivity contribution in [3.05, 3.63) is 101 Å². The van der Waals surface area contributed by atoms with Crippen LogP contribution in [0.2, 0.25) is 0 Å². The number of anilines is 2. The number of aromatic amines is 1. The first-order valence-electron chi connectivity index (χ1n) is 19.9. The quantitative estimate of drug-likeness (QED) is 0.137. The van der Waals surface area contributed by atoms with E-state index >= 15 is 17.6 Å². The molecule has 0 aliphatic carbocycles. The number of piperazine rings is 1. The van der Waals surface area contributed by atoms with E-state index < -0.39 is 41.0 Å². The van der Waals surface area contributed by atoms with E-state index in [2.05, 4.69) is 20.6 Å². The second-order valence-corrected chi connectivity index (χ2v) is 15.3. The Bertz CT molecular complexity index is 2530.